The van der Waals surface area contributed by atoms with Crippen LogP contribution in [0, 0.1) is 0 Å². The van der Waals surface area contributed by atoms with Crippen LogP contribution < -0.4 is 5.32 Å². The van der Waals surface area contributed by atoms with Crippen LogP contribution in [0.4, 0.5) is 0 Å². The van der Waals surface area contributed by atoms with Gasteiger partial charge in [0.1, 0.15) is 6.17 Å². The molecule has 1 fully saturated rings. The lowest BCUT2D eigenvalue weighted by molar-refractivity contribution is -0.131. The number of hydrogen-bond donors (Lipinski definition) is 1. The summed E-state index contributed by atoms with van der Waals surface area (Å²) in [5.74, 6) is 0.125. The van der Waals surface area contributed by atoms with Gasteiger partial charge in [0.25, 0.3) is 0 Å². The predicted molar refractivity (Wildman–Crippen MR) is 79.6 cm³/mol. The van der Waals surface area contributed by atoms with Crippen LogP contribution in [0.1, 0.15) is 31.5 Å². The number of methoxy groups -OCH3 is 1. The molecule has 5 heteroatoms. The average Bonchev–Trinajstić information content (AvgIpc) is 2.81. The topological polar surface area (TPSA) is 41.6 Å². The summed E-state index contributed by atoms with van der Waals surface area (Å²) in [7, 11) is 1.67. The first kappa shape index (κ1) is 15.3. The van der Waals surface area contributed by atoms with Crippen molar-refractivity contribution in [2.24, 2.45) is 0 Å². The maximum atomic E-state index is 12.2. The van der Waals surface area contributed by atoms with Gasteiger partial charge in [-0.3, -0.25) is 10.1 Å². The number of nitrogens with one attached hydrogen (secondary N) is 1. The van der Waals surface area contributed by atoms with E-state index in [4.69, 9.17) is 16.3 Å². The monoisotopic (exact) mass is 296 g/mol. The fraction of sp³-hybridized carbons (Fsp3) is 0.533. The van der Waals surface area contributed by atoms with E-state index >= 15 is 0 Å². The van der Waals surface area contributed by atoms with Crippen LogP contribution in [0.2, 0.25) is 5.02 Å². The Morgan fingerprint density at radius 2 is 2.15 bits per heavy atom. The van der Waals surface area contributed by atoms with Crippen molar-refractivity contribution in [3.8, 4) is 0 Å². The summed E-state index contributed by atoms with van der Waals surface area (Å²) in [5, 5.41) is 3.97. The molecule has 110 valence electrons. The zero-order chi connectivity index (χ0) is 14.5. The lowest BCUT2D eigenvalue weighted by Gasteiger charge is -2.32. The van der Waals surface area contributed by atoms with Crippen molar-refractivity contribution in [3.05, 3.63) is 34.9 Å². The number of hydrogen-bond acceptors (Lipinski definition) is 3. The van der Waals surface area contributed by atoms with Gasteiger partial charge in [0, 0.05) is 12.1 Å². The van der Waals surface area contributed by atoms with Crippen LogP contribution in [0.15, 0.2) is 24.3 Å². The van der Waals surface area contributed by atoms with Crippen molar-refractivity contribution in [1.29, 1.82) is 0 Å². The van der Waals surface area contributed by atoms with Crippen molar-refractivity contribution in [3.63, 3.8) is 0 Å². The highest BCUT2D eigenvalue weighted by Gasteiger charge is 2.36. The Labute approximate surface area is 125 Å². The quantitative estimate of drug-likeness (QED) is 0.877. The molecule has 20 heavy (non-hydrogen) atoms. The Morgan fingerprint density at radius 3 is 2.75 bits per heavy atom. The van der Waals surface area contributed by atoms with Crippen LogP contribution in [0.25, 0.3) is 0 Å². The fourth-order valence-corrected chi connectivity index (χ4v) is 2.81. The van der Waals surface area contributed by atoms with Gasteiger partial charge >= 0.3 is 0 Å². The third-order valence-electron chi connectivity index (χ3n) is 3.57. The summed E-state index contributed by atoms with van der Waals surface area (Å²) in [6.45, 7) is 3.05. The minimum atomic E-state index is -0.0912. The van der Waals surface area contributed by atoms with E-state index in [0.717, 1.165) is 18.4 Å². The SMILES string of the molecule is CCCC(COC)N1C(=O)CNC1c1ccc(Cl)cc1. The lowest BCUT2D eigenvalue weighted by atomic mass is 10.1. The molecule has 4 nitrogen and oxygen atoms in total. The first-order chi connectivity index (χ1) is 9.67. The maximum Gasteiger partial charge on any atom is 0.238 e. The predicted octanol–water partition coefficient (Wildman–Crippen LogP) is 2.59. The average molecular weight is 297 g/mol. The molecule has 1 aliphatic heterocycles. The van der Waals surface area contributed by atoms with Crippen molar-refractivity contribution in [2.75, 3.05) is 20.3 Å². The van der Waals surface area contributed by atoms with E-state index in [2.05, 4.69) is 12.2 Å². The van der Waals surface area contributed by atoms with Gasteiger partial charge in [-0.2, -0.15) is 0 Å². The van der Waals surface area contributed by atoms with Crippen molar-refractivity contribution in [1.82, 2.24) is 10.2 Å². The number of carbonyl (C=O) groups excluding carboxylic acids is 1. The van der Waals surface area contributed by atoms with Crippen LogP contribution in [0.5, 0.6) is 0 Å². The normalized spacial score (nSPS) is 20.4. The van der Waals surface area contributed by atoms with E-state index in [1.807, 2.05) is 29.2 Å². The number of nitrogens with zero attached hydrogens (tertiary/aromatic N) is 1. The van der Waals surface area contributed by atoms with Gasteiger partial charge in [0.05, 0.1) is 19.2 Å². The Hall–Kier alpha value is -1.10. The highest BCUT2D eigenvalue weighted by Crippen LogP contribution is 2.27. The second-order valence-electron chi connectivity index (χ2n) is 5.03. The molecular weight excluding hydrogens is 276 g/mol. The highest BCUT2D eigenvalue weighted by molar-refractivity contribution is 6.30. The molecular formula is C15H21ClN2O2. The van der Waals surface area contributed by atoms with Gasteiger partial charge in [0.15, 0.2) is 0 Å². The molecule has 2 rings (SSSR count). The third kappa shape index (κ3) is 3.32. The molecule has 2 atom stereocenters. The van der Waals surface area contributed by atoms with Gasteiger partial charge in [-0.25, -0.2) is 0 Å². The molecule has 0 aliphatic carbocycles. The minimum Gasteiger partial charge on any atom is -0.383 e. The van der Waals surface area contributed by atoms with E-state index in [0.29, 0.717) is 18.2 Å². The van der Waals surface area contributed by atoms with Crippen LogP contribution >= 0.6 is 11.6 Å². The van der Waals surface area contributed by atoms with Crippen molar-refractivity contribution in [2.45, 2.75) is 32.0 Å². The number of benzene rings is 1. The molecule has 1 amide bonds. The first-order valence-corrected chi connectivity index (χ1v) is 7.34. The van der Waals surface area contributed by atoms with E-state index in [-0.39, 0.29) is 18.1 Å². The summed E-state index contributed by atoms with van der Waals surface area (Å²) >= 11 is 5.92. The second-order valence-corrected chi connectivity index (χ2v) is 5.47. The number of rotatable bonds is 6. The van der Waals surface area contributed by atoms with E-state index < -0.39 is 0 Å². The standard InChI is InChI=1S/C15H21ClN2O2/c1-3-4-13(10-20-2)18-14(19)9-17-15(18)11-5-7-12(16)8-6-11/h5-8,13,15,17H,3-4,9-10H2,1-2H3. The Balaban J connectivity index is 2.22. The van der Waals surface area contributed by atoms with Crippen molar-refractivity contribution >= 4 is 17.5 Å². The van der Waals surface area contributed by atoms with E-state index in [9.17, 15) is 4.79 Å². The Morgan fingerprint density at radius 1 is 1.45 bits per heavy atom. The minimum absolute atomic E-state index is 0.0912. The van der Waals surface area contributed by atoms with Gasteiger partial charge in [0.2, 0.25) is 5.91 Å². The summed E-state index contributed by atoms with van der Waals surface area (Å²) < 4.78 is 5.28. The fourth-order valence-electron chi connectivity index (χ4n) is 2.68. The molecule has 0 aromatic heterocycles. The molecule has 0 saturated carbocycles. The molecule has 1 saturated heterocycles. The lowest BCUT2D eigenvalue weighted by Crippen LogP contribution is -2.42. The van der Waals surface area contributed by atoms with Gasteiger partial charge in [-0.1, -0.05) is 37.1 Å². The molecule has 0 radical (unpaired) electrons. The van der Waals surface area contributed by atoms with E-state index in [1.54, 1.807) is 7.11 Å². The van der Waals surface area contributed by atoms with Crippen LogP contribution in [-0.4, -0.2) is 37.1 Å². The smallest absolute Gasteiger partial charge is 0.238 e. The number of carbonyl (C=O) groups is 1. The molecule has 0 bridgehead atoms. The second kappa shape index (κ2) is 7.07. The molecule has 1 aromatic carbocycles. The molecule has 1 heterocycles. The van der Waals surface area contributed by atoms with Gasteiger partial charge < -0.3 is 9.64 Å². The first-order valence-electron chi connectivity index (χ1n) is 6.96. The highest BCUT2D eigenvalue weighted by atomic mass is 35.5. The van der Waals surface area contributed by atoms with Crippen LogP contribution in [-0.2, 0) is 9.53 Å². The van der Waals surface area contributed by atoms with Gasteiger partial charge in [-0.05, 0) is 24.1 Å². The van der Waals surface area contributed by atoms with E-state index in [1.165, 1.54) is 0 Å². The largest absolute Gasteiger partial charge is 0.383 e. The number of amides is 1. The third-order valence-corrected chi connectivity index (χ3v) is 3.82. The number of ether oxygens (including phenoxy) is 1. The molecule has 1 aliphatic rings. The summed E-state index contributed by atoms with van der Waals surface area (Å²) in [4.78, 5) is 14.1. The Kier molecular flexibility index (Phi) is 5.40. The zero-order valence-corrected chi connectivity index (χ0v) is 12.7. The van der Waals surface area contributed by atoms with Crippen molar-refractivity contribution < 1.29 is 9.53 Å². The molecule has 1 N–H and O–H groups in total. The molecule has 0 spiro atoms. The van der Waals surface area contributed by atoms with Gasteiger partial charge in [-0.15, -0.1) is 0 Å². The molecule has 2 unspecified atom stereocenters. The summed E-state index contributed by atoms with van der Waals surface area (Å²) in [6, 6.07) is 7.73. The maximum absolute atomic E-state index is 12.2. The number of halogens is 1. The van der Waals surface area contributed by atoms with Crippen LogP contribution in [0.3, 0.4) is 0 Å². The molecule has 1 aromatic rings. The Bertz CT molecular complexity index is 444. The summed E-state index contributed by atoms with van der Waals surface area (Å²) in [5.41, 5.74) is 1.05. The zero-order valence-electron chi connectivity index (χ0n) is 11.9. The summed E-state index contributed by atoms with van der Waals surface area (Å²) in [6.07, 6.45) is 1.86.